The molecule has 0 saturated carbocycles. The van der Waals surface area contributed by atoms with Gasteiger partial charge < -0.3 is 8.98 Å². The quantitative estimate of drug-likeness (QED) is 0.174. The summed E-state index contributed by atoms with van der Waals surface area (Å²) in [4.78, 5) is 11.4. The second kappa shape index (κ2) is 14.4. The fraction of sp³-hybridized carbons (Fsp3) is 0.0492. The zero-order valence-electron chi connectivity index (χ0n) is 36.0. The highest BCUT2D eigenvalue weighted by atomic mass is 32.1. The van der Waals surface area contributed by atoms with E-state index in [1.807, 2.05) is 11.3 Å². The molecular weight excluding hydrogens is 823 g/mol. The third kappa shape index (κ3) is 5.63. The number of amidine groups is 1. The van der Waals surface area contributed by atoms with Crippen LogP contribution in [0.15, 0.2) is 215 Å². The van der Waals surface area contributed by atoms with Crippen molar-refractivity contribution in [2.45, 2.75) is 13.3 Å². The van der Waals surface area contributed by atoms with Crippen LogP contribution in [0.4, 0.5) is 0 Å². The van der Waals surface area contributed by atoms with E-state index >= 15 is 0 Å². The van der Waals surface area contributed by atoms with Crippen LogP contribution in [0, 0.1) is 5.92 Å². The summed E-state index contributed by atoms with van der Waals surface area (Å²) in [7, 11) is 0. The second-order valence-electron chi connectivity index (χ2n) is 17.7. The van der Waals surface area contributed by atoms with Gasteiger partial charge in [0, 0.05) is 64.3 Å². The normalized spacial score (nSPS) is 17.2. The predicted molar refractivity (Wildman–Crippen MR) is 281 cm³/mol. The van der Waals surface area contributed by atoms with E-state index in [-0.39, 0.29) is 5.92 Å². The van der Waals surface area contributed by atoms with Crippen LogP contribution in [-0.4, -0.2) is 16.1 Å². The number of para-hydroxylation sites is 1. The molecule has 0 fully saturated rings. The summed E-state index contributed by atoms with van der Waals surface area (Å²) >= 11 is 1.84. The van der Waals surface area contributed by atoms with Gasteiger partial charge in [0.15, 0.2) is 11.4 Å². The van der Waals surface area contributed by atoms with Crippen molar-refractivity contribution in [3.8, 4) is 5.69 Å². The molecule has 0 bridgehead atoms. The Kier molecular flexibility index (Phi) is 8.16. The lowest BCUT2D eigenvalue weighted by molar-refractivity contribution is 0.666. The van der Waals surface area contributed by atoms with E-state index in [9.17, 15) is 0 Å². The maximum Gasteiger partial charge on any atom is 0.160 e. The number of furan rings is 1. The molecule has 0 saturated heterocycles. The van der Waals surface area contributed by atoms with Crippen LogP contribution in [0.5, 0.6) is 0 Å². The van der Waals surface area contributed by atoms with Gasteiger partial charge >= 0.3 is 0 Å². The van der Waals surface area contributed by atoms with Crippen LogP contribution in [0.3, 0.4) is 0 Å². The standard InChI is InChI=1S/C61H39N3OS/c1-36-25-29-50(41-27-32-56-48(34-41)44-20-9-11-24-55(44)66-56)62-61(63-59(36)45-22-12-17-37-13-4-6-18-42(37)45)47-28-31-52(60-58(47)46-21-8-10-23-54(46)65-60)64-51-30-26-38-14-5-7-19-43(38)57(51)49-33-39-15-2-3-16-40(39)35-53(49)64/h2-24,26-36H,25H2,1H3/b50-29+,62-61-,63-59+. The van der Waals surface area contributed by atoms with E-state index in [2.05, 4.69) is 212 Å². The lowest BCUT2D eigenvalue weighted by Gasteiger charge is -2.20. The van der Waals surface area contributed by atoms with Crippen molar-refractivity contribution in [2.24, 2.45) is 15.9 Å². The topological polar surface area (TPSA) is 42.8 Å². The highest BCUT2D eigenvalue weighted by Crippen LogP contribution is 2.44. The Morgan fingerprint density at radius 3 is 2.06 bits per heavy atom. The summed E-state index contributed by atoms with van der Waals surface area (Å²) in [5.74, 6) is 0.758. The number of benzene rings is 10. The first-order chi connectivity index (χ1) is 32.6. The molecule has 1 aliphatic rings. The summed E-state index contributed by atoms with van der Waals surface area (Å²) in [5, 5.41) is 14.2. The van der Waals surface area contributed by atoms with Crippen LogP contribution in [0.2, 0.25) is 0 Å². The summed E-state index contributed by atoms with van der Waals surface area (Å²) in [6.45, 7) is 2.30. The number of fused-ring (bicyclic) bond motifs is 13. The second-order valence-corrected chi connectivity index (χ2v) is 18.7. The highest BCUT2D eigenvalue weighted by Gasteiger charge is 2.26. The first kappa shape index (κ1) is 37.3. The van der Waals surface area contributed by atoms with E-state index in [0.29, 0.717) is 5.84 Å². The van der Waals surface area contributed by atoms with E-state index in [1.54, 1.807) is 0 Å². The smallest absolute Gasteiger partial charge is 0.160 e. The van der Waals surface area contributed by atoms with Gasteiger partial charge in [-0.25, -0.2) is 9.98 Å². The summed E-state index contributed by atoms with van der Waals surface area (Å²) in [6, 6.07) is 70.2. The largest absolute Gasteiger partial charge is 0.454 e. The van der Waals surface area contributed by atoms with Gasteiger partial charge in [0.2, 0.25) is 0 Å². The first-order valence-corrected chi connectivity index (χ1v) is 23.5. The molecule has 4 heterocycles. The van der Waals surface area contributed by atoms with Crippen molar-refractivity contribution in [3.63, 3.8) is 0 Å². The van der Waals surface area contributed by atoms with Crippen molar-refractivity contribution in [1.82, 2.24) is 4.57 Å². The number of allylic oxidation sites excluding steroid dienone is 1. The number of aliphatic imine (C=N–C) groups is 2. The number of aromatic nitrogens is 1. The van der Waals surface area contributed by atoms with Gasteiger partial charge in [-0.15, -0.1) is 11.3 Å². The van der Waals surface area contributed by atoms with Gasteiger partial charge in [0.05, 0.1) is 28.1 Å². The minimum absolute atomic E-state index is 0.0973. The van der Waals surface area contributed by atoms with Gasteiger partial charge in [-0.1, -0.05) is 153 Å². The monoisotopic (exact) mass is 861 g/mol. The third-order valence-electron chi connectivity index (χ3n) is 13.8. The lowest BCUT2D eigenvalue weighted by atomic mass is 9.90. The molecule has 13 aromatic rings. The van der Waals surface area contributed by atoms with Gasteiger partial charge in [0.1, 0.15) is 5.58 Å². The van der Waals surface area contributed by atoms with E-state index in [0.717, 1.165) is 73.2 Å². The first-order valence-electron chi connectivity index (χ1n) is 22.7. The molecule has 10 aromatic carbocycles. The summed E-state index contributed by atoms with van der Waals surface area (Å²) < 4.78 is 12.1. The van der Waals surface area contributed by atoms with Crippen molar-refractivity contribution in [3.05, 3.63) is 217 Å². The minimum atomic E-state index is 0.0973. The zero-order valence-corrected chi connectivity index (χ0v) is 36.8. The van der Waals surface area contributed by atoms with Gasteiger partial charge in [-0.2, -0.15) is 0 Å². The zero-order chi connectivity index (χ0) is 43.5. The molecule has 0 aliphatic carbocycles. The molecule has 4 nitrogen and oxygen atoms in total. The number of hydrogen-bond acceptors (Lipinski definition) is 4. The Balaban J connectivity index is 1.07. The Bertz CT molecular complexity index is 4290. The summed E-state index contributed by atoms with van der Waals surface area (Å²) in [6.07, 6.45) is 3.11. The SMILES string of the molecule is CC1C/C=C(c2ccc3sc4ccccc4c3c2)/N=C(c2ccc(-n3c4cc5ccccc5cc4c4c5ccccc5ccc43)c3oc4ccccc4c23)\N=C/1c1cccc2ccccc12. The fourth-order valence-electron chi connectivity index (χ4n) is 10.7. The molecule has 66 heavy (non-hydrogen) atoms. The molecule has 310 valence electrons. The number of hydrogen-bond donors (Lipinski definition) is 0. The Labute approximate surface area is 383 Å². The van der Waals surface area contributed by atoms with Crippen LogP contribution in [0.25, 0.3) is 108 Å². The number of nitrogens with zero attached hydrogens (tertiary/aromatic N) is 3. The van der Waals surface area contributed by atoms with Crippen molar-refractivity contribution >= 4 is 125 Å². The van der Waals surface area contributed by atoms with E-state index in [1.165, 1.54) is 63.3 Å². The average Bonchev–Trinajstić information content (AvgIpc) is 4.04. The van der Waals surface area contributed by atoms with E-state index in [4.69, 9.17) is 14.4 Å². The molecule has 3 aromatic heterocycles. The van der Waals surface area contributed by atoms with Crippen molar-refractivity contribution < 1.29 is 4.42 Å². The molecule has 0 spiro atoms. The van der Waals surface area contributed by atoms with Crippen molar-refractivity contribution in [1.29, 1.82) is 0 Å². The van der Waals surface area contributed by atoms with E-state index < -0.39 is 0 Å². The van der Waals surface area contributed by atoms with Crippen LogP contribution in [0.1, 0.15) is 30.0 Å². The molecular formula is C61H39N3OS. The molecule has 1 unspecified atom stereocenters. The molecule has 1 aliphatic heterocycles. The van der Waals surface area contributed by atoms with Crippen LogP contribution >= 0.6 is 11.3 Å². The number of rotatable bonds is 4. The maximum absolute atomic E-state index is 7.11. The Morgan fingerprint density at radius 1 is 0.500 bits per heavy atom. The molecule has 0 N–H and O–H groups in total. The predicted octanol–water partition coefficient (Wildman–Crippen LogP) is 16.8. The van der Waals surface area contributed by atoms with Gasteiger partial charge in [-0.05, 0) is 93.3 Å². The Hall–Kier alpha value is -8.12. The van der Waals surface area contributed by atoms with Gasteiger partial charge in [-0.3, -0.25) is 0 Å². The highest BCUT2D eigenvalue weighted by molar-refractivity contribution is 7.25. The van der Waals surface area contributed by atoms with Gasteiger partial charge in [0.25, 0.3) is 0 Å². The molecule has 0 radical (unpaired) electrons. The summed E-state index contributed by atoms with van der Waals surface area (Å²) in [5.41, 5.74) is 9.92. The minimum Gasteiger partial charge on any atom is -0.454 e. The number of thiophene rings is 1. The average molecular weight is 862 g/mol. The maximum atomic E-state index is 7.11. The molecule has 5 heteroatoms. The molecule has 14 rings (SSSR count). The third-order valence-corrected chi connectivity index (χ3v) is 15.0. The lowest BCUT2D eigenvalue weighted by Crippen LogP contribution is -2.17. The van der Waals surface area contributed by atoms with Crippen LogP contribution < -0.4 is 0 Å². The molecule has 1 atom stereocenters. The Morgan fingerprint density at radius 2 is 1.20 bits per heavy atom. The fourth-order valence-corrected chi connectivity index (χ4v) is 11.8. The van der Waals surface area contributed by atoms with Crippen LogP contribution in [-0.2, 0) is 0 Å². The molecule has 0 amide bonds. The van der Waals surface area contributed by atoms with Crippen molar-refractivity contribution in [2.75, 3.05) is 0 Å².